The quantitative estimate of drug-likeness (QED) is 0.0249. The average molecular weight is 1370 g/mol. The van der Waals surface area contributed by atoms with Crippen molar-refractivity contribution < 1.29 is 43.9 Å². The second-order valence-corrected chi connectivity index (χ2v) is 26.5. The molecule has 9 rings (SSSR count). The number of anilines is 3. The highest BCUT2D eigenvalue weighted by atomic mass is 16.5. The van der Waals surface area contributed by atoms with Crippen LogP contribution in [-0.4, -0.2) is 126 Å². The summed E-state index contributed by atoms with van der Waals surface area (Å²) in [4.78, 5) is 133. The van der Waals surface area contributed by atoms with Gasteiger partial charge in [0.2, 0.25) is 17.6 Å². The molecule has 0 amide bonds. The number of para-hydroxylation sites is 3. The van der Waals surface area contributed by atoms with Gasteiger partial charge in [-0.3, -0.25) is 46.7 Å². The van der Waals surface area contributed by atoms with Crippen molar-refractivity contribution in [2.24, 2.45) is 0 Å². The van der Waals surface area contributed by atoms with Crippen LogP contribution in [0.25, 0.3) is 18.2 Å². The predicted octanol–water partition coefficient (Wildman–Crippen LogP) is 6.60. The molecule has 0 spiro atoms. The van der Waals surface area contributed by atoms with Crippen molar-refractivity contribution >= 4 is 53.2 Å². The van der Waals surface area contributed by atoms with Crippen LogP contribution in [-0.2, 0) is 84.1 Å². The number of carbonyl (C=O) groups is 3. The number of aromatic hydroxyl groups is 3. The molecule has 0 atom stereocenters. The Bertz CT molecular complexity index is 4510. The molecule has 3 aliphatic heterocycles. The van der Waals surface area contributed by atoms with Gasteiger partial charge in [-0.05, 0) is 97.2 Å². The maximum atomic E-state index is 14.8. The van der Waals surface area contributed by atoms with E-state index in [0.29, 0.717) is 17.1 Å². The molecule has 3 N–H and O–H groups in total. The van der Waals surface area contributed by atoms with Gasteiger partial charge in [0.25, 0.3) is 16.7 Å². The highest BCUT2D eigenvalue weighted by Crippen LogP contribution is 2.48. The Labute approximate surface area is 577 Å². The summed E-state index contributed by atoms with van der Waals surface area (Å²) in [5.74, 6) is -4.72. The van der Waals surface area contributed by atoms with Crippen molar-refractivity contribution in [1.82, 2.24) is 32.3 Å². The van der Waals surface area contributed by atoms with Crippen LogP contribution in [0.1, 0.15) is 95.7 Å². The Morgan fingerprint density at radius 2 is 0.660 bits per heavy atom. The standard InChI is InChI=1S/C75H84N10O15/c1-46(2)67(92)98-43-40-83-64(89)49(28-31-58-73(7,8)52-22-16-19-25-55(52)76(58)13)61(86)80(70(83)95)37-34-79(35-38-81-62(87)50(65(90)84(71(81)96)41-44-99-68(93)47(3)4)29-32-59-74(9,10)53-23-17-20-26-56(53)77(59)14)36-39-82-63(88)51(66(91)85(72(82)97)42-45-100-69(94)48(5)6)30-33-60-75(11,12)54-24-18-21-27-57(54)78(60)15/h16-30,86-88H,1,3,5,34-45H2,2,4,6-15H3. The molecule has 3 aromatic carbocycles. The molecule has 3 aliphatic rings. The number of fused-ring (bicyclic) bond motifs is 3. The monoisotopic (exact) mass is 1360 g/mol. The number of nitrogens with zero attached hydrogens (tertiary/aromatic N) is 10. The third kappa shape index (κ3) is 13.9. The number of aromatic nitrogens is 6. The second kappa shape index (κ2) is 29.0. The average Bonchev–Trinajstić information content (AvgIpc) is 1.47. The third-order valence-electron chi connectivity index (χ3n) is 18.6. The molecule has 3 aromatic heterocycles. The lowest BCUT2D eigenvalue weighted by molar-refractivity contribution is -0.140. The summed E-state index contributed by atoms with van der Waals surface area (Å²) in [7, 11) is 5.49. The van der Waals surface area contributed by atoms with Crippen LogP contribution in [0, 0.1) is 0 Å². The highest BCUT2D eigenvalue weighted by molar-refractivity contribution is 5.88. The molecule has 25 nitrogen and oxygen atoms in total. The van der Waals surface area contributed by atoms with E-state index in [4.69, 9.17) is 14.2 Å². The van der Waals surface area contributed by atoms with Crippen LogP contribution in [0.5, 0.6) is 17.6 Å². The molecule has 25 heteroatoms. The number of hydrogen-bond donors (Lipinski definition) is 3. The van der Waals surface area contributed by atoms with E-state index in [1.54, 1.807) is 4.90 Å². The first kappa shape index (κ1) is 72.9. The second-order valence-electron chi connectivity index (χ2n) is 26.5. The Kier molecular flexibility index (Phi) is 21.1. The number of hydrogen-bond acceptors (Lipinski definition) is 19. The van der Waals surface area contributed by atoms with Crippen LogP contribution in [0.2, 0.25) is 0 Å². The lowest BCUT2D eigenvalue weighted by Gasteiger charge is -2.25. The van der Waals surface area contributed by atoms with Gasteiger partial charge in [-0.1, -0.05) is 91.5 Å². The first-order valence-corrected chi connectivity index (χ1v) is 32.5. The molecule has 0 bridgehead atoms. The van der Waals surface area contributed by atoms with Crippen LogP contribution < -0.4 is 48.4 Å². The number of carbonyl (C=O) groups excluding carboxylic acids is 3. The van der Waals surface area contributed by atoms with E-state index in [1.807, 2.05) is 150 Å². The van der Waals surface area contributed by atoms with E-state index in [1.165, 1.54) is 39.0 Å². The third-order valence-corrected chi connectivity index (χ3v) is 18.6. The van der Waals surface area contributed by atoms with Gasteiger partial charge >= 0.3 is 35.0 Å². The zero-order valence-corrected chi connectivity index (χ0v) is 58.5. The van der Waals surface area contributed by atoms with Gasteiger partial charge in [0.15, 0.2) is 0 Å². The van der Waals surface area contributed by atoms with Crippen molar-refractivity contribution in [3.63, 3.8) is 0 Å². The van der Waals surface area contributed by atoms with Gasteiger partial charge in [-0.15, -0.1) is 0 Å². The van der Waals surface area contributed by atoms with E-state index in [0.717, 1.165) is 61.2 Å². The molecular weight excluding hydrogens is 1280 g/mol. The molecule has 524 valence electrons. The van der Waals surface area contributed by atoms with Crippen molar-refractivity contribution in [3.05, 3.63) is 239 Å². The Morgan fingerprint density at radius 1 is 0.420 bits per heavy atom. The fraction of sp³-hybridized carbons (Fsp3) is 0.360. The smallest absolute Gasteiger partial charge is 0.333 e. The van der Waals surface area contributed by atoms with E-state index < -0.39 is 145 Å². The normalized spacial score (nSPS) is 14.4. The van der Waals surface area contributed by atoms with Crippen molar-refractivity contribution in [2.45, 2.75) is 118 Å². The number of benzene rings is 3. The summed E-state index contributed by atoms with van der Waals surface area (Å²) in [5.41, 5.74) is 8.12. The van der Waals surface area contributed by atoms with Gasteiger partial charge in [-0.2, -0.15) is 0 Å². The Hall–Kier alpha value is -11.4. The number of allylic oxidation sites excluding steroid dienone is 3. The van der Waals surface area contributed by atoms with Gasteiger partial charge in [0.1, 0.15) is 36.5 Å². The first-order valence-electron chi connectivity index (χ1n) is 32.5. The van der Waals surface area contributed by atoms with Gasteiger partial charge < -0.3 is 44.2 Å². The minimum Gasteiger partial charge on any atom is -0.494 e. The van der Waals surface area contributed by atoms with Crippen LogP contribution in [0.15, 0.2) is 172 Å². The topological polar surface area (TPSA) is 285 Å². The lowest BCUT2D eigenvalue weighted by Crippen LogP contribution is -2.46. The summed E-state index contributed by atoms with van der Waals surface area (Å²) in [6, 6.07) is 23.0. The largest absolute Gasteiger partial charge is 0.494 e. The van der Waals surface area contributed by atoms with Crippen LogP contribution in [0.3, 0.4) is 0 Å². The summed E-state index contributed by atoms with van der Waals surface area (Å²) in [5, 5.41) is 36.9. The minimum absolute atomic E-state index is 0.0571. The molecule has 0 unspecified atom stereocenters. The molecule has 0 saturated heterocycles. The predicted molar refractivity (Wildman–Crippen MR) is 382 cm³/mol. The summed E-state index contributed by atoms with van der Waals surface area (Å²) in [6.07, 6.45) is 3.81. The molecule has 6 aromatic rings. The van der Waals surface area contributed by atoms with E-state index in [-0.39, 0.29) is 53.0 Å². The molecular formula is C75H84N10O15. The first-order chi connectivity index (χ1) is 47.2. The molecule has 0 fully saturated rings. The van der Waals surface area contributed by atoms with Crippen molar-refractivity contribution in [3.8, 4) is 17.6 Å². The maximum absolute atomic E-state index is 14.8. The fourth-order valence-corrected chi connectivity index (χ4v) is 13.0. The van der Waals surface area contributed by atoms with Crippen LogP contribution >= 0.6 is 0 Å². The summed E-state index contributed by atoms with van der Waals surface area (Å²) < 4.78 is 21.1. The van der Waals surface area contributed by atoms with E-state index >= 15 is 0 Å². The summed E-state index contributed by atoms with van der Waals surface area (Å²) >= 11 is 0. The van der Waals surface area contributed by atoms with E-state index in [9.17, 15) is 58.5 Å². The number of esters is 3. The van der Waals surface area contributed by atoms with Crippen LogP contribution in [0.4, 0.5) is 17.1 Å². The molecule has 100 heavy (non-hydrogen) atoms. The zero-order valence-electron chi connectivity index (χ0n) is 58.5. The maximum Gasteiger partial charge on any atom is 0.333 e. The Morgan fingerprint density at radius 3 is 0.890 bits per heavy atom. The van der Waals surface area contributed by atoms with Crippen molar-refractivity contribution in [1.29, 1.82) is 0 Å². The van der Waals surface area contributed by atoms with E-state index in [2.05, 4.69) is 36.9 Å². The molecule has 0 radical (unpaired) electrons. The SMILES string of the molecule is C=C(C)C(=O)OCCn1c(=O)c(C=C=C2N(C)c3ccccc3C2(C)C)c(O)n(CCN(CCn2c(O)c(C=C=C3N(C)c4ccccc4C3(C)C)c(=O)n(CCOC(=O)C(=C)C)c2=O)CCn2c(O)c(C=C=C3N(C)c4ccccc4C3(C)C)c(=O)n(CCOC(=O)C(=C)C)c2=O)c1=O. The van der Waals surface area contributed by atoms with Gasteiger partial charge in [0, 0.05) is 129 Å². The molecule has 0 saturated carbocycles. The van der Waals surface area contributed by atoms with Gasteiger partial charge in [0.05, 0.1) is 36.7 Å². The molecule has 6 heterocycles. The lowest BCUT2D eigenvalue weighted by atomic mass is 9.84. The fourth-order valence-electron chi connectivity index (χ4n) is 13.0. The number of ether oxygens (including phenoxy) is 3. The highest BCUT2D eigenvalue weighted by Gasteiger charge is 2.41. The Balaban J connectivity index is 1.19. The minimum atomic E-state index is -1.04. The zero-order chi connectivity index (χ0) is 73.2. The number of rotatable bonds is 24. The molecule has 0 aliphatic carbocycles. The van der Waals surface area contributed by atoms with Crippen molar-refractivity contribution in [2.75, 3.05) is 75.3 Å². The number of likely N-dealkylation sites (N-methyl/N-ethyl adjacent to an activating group) is 3. The summed E-state index contributed by atoms with van der Waals surface area (Å²) in [6.45, 7) is 21.8. The van der Waals surface area contributed by atoms with Gasteiger partial charge in [-0.25, -0.2) is 28.8 Å².